The Bertz CT molecular complexity index is 841. The monoisotopic (exact) mass is 450 g/mol. The minimum atomic E-state index is -0.484. The number of nitrogens with zero attached hydrogens (tertiary/aromatic N) is 3. The molecule has 2 atom stereocenters. The Labute approximate surface area is 175 Å². The van der Waals surface area contributed by atoms with Gasteiger partial charge in [-0.1, -0.05) is 13.8 Å². The second-order valence-corrected chi connectivity index (χ2v) is 9.97. The number of imidazole rings is 1. The fraction of sp³-hybridized carbons (Fsp3) is 0.667. The maximum absolute atomic E-state index is 12.2. The average molecular weight is 451 g/mol. The average Bonchev–Trinajstić information content (AvgIpc) is 2.89. The number of pyridine rings is 1. The third-order valence-corrected chi connectivity index (χ3v) is 5.37. The number of aromatic nitrogens is 3. The number of halogens is 1. The molecule has 154 valence electrons. The summed E-state index contributed by atoms with van der Waals surface area (Å²) in [5.74, 6) is 1.62. The van der Waals surface area contributed by atoms with Gasteiger partial charge in [0.05, 0.1) is 11.7 Å². The molecule has 7 heteroatoms. The molecule has 1 aliphatic carbocycles. The van der Waals surface area contributed by atoms with Crippen molar-refractivity contribution in [1.82, 2.24) is 19.9 Å². The SMILES string of the molecule is CC(C)Cc1nc2cnc(Br)cc2n1[C@@H]1CCC[C@H](NC(=O)OC(C)(C)C)C1. The van der Waals surface area contributed by atoms with E-state index in [1.165, 1.54) is 0 Å². The predicted molar refractivity (Wildman–Crippen MR) is 114 cm³/mol. The van der Waals surface area contributed by atoms with Crippen molar-refractivity contribution >= 4 is 33.1 Å². The number of alkyl carbamates (subject to hydrolysis) is 1. The van der Waals surface area contributed by atoms with Crippen LogP contribution in [-0.4, -0.2) is 32.3 Å². The summed E-state index contributed by atoms with van der Waals surface area (Å²) in [6.07, 6.45) is 6.44. The highest BCUT2D eigenvalue weighted by molar-refractivity contribution is 9.10. The third-order valence-electron chi connectivity index (χ3n) is 4.94. The molecule has 1 N–H and O–H groups in total. The van der Waals surface area contributed by atoms with E-state index in [0.29, 0.717) is 12.0 Å². The van der Waals surface area contributed by atoms with Crippen LogP contribution in [0.15, 0.2) is 16.9 Å². The molecule has 6 nitrogen and oxygen atoms in total. The Balaban J connectivity index is 1.84. The van der Waals surface area contributed by atoms with Gasteiger partial charge >= 0.3 is 6.09 Å². The molecule has 1 fully saturated rings. The fourth-order valence-electron chi connectivity index (χ4n) is 3.94. The van der Waals surface area contributed by atoms with Crippen LogP contribution < -0.4 is 5.32 Å². The van der Waals surface area contributed by atoms with Crippen LogP contribution in [0.1, 0.15) is 72.2 Å². The molecule has 1 amide bonds. The maximum Gasteiger partial charge on any atom is 0.407 e. The number of carbonyl (C=O) groups is 1. The normalized spacial score (nSPS) is 20.5. The number of rotatable bonds is 4. The molecule has 2 aromatic rings. The summed E-state index contributed by atoms with van der Waals surface area (Å²) in [5, 5.41) is 3.07. The lowest BCUT2D eigenvalue weighted by Gasteiger charge is -2.32. The van der Waals surface area contributed by atoms with Crippen molar-refractivity contribution in [2.24, 2.45) is 5.92 Å². The van der Waals surface area contributed by atoms with Crippen LogP contribution in [-0.2, 0) is 11.2 Å². The molecule has 28 heavy (non-hydrogen) atoms. The molecule has 2 aromatic heterocycles. The number of nitrogens with one attached hydrogen (secondary N) is 1. The van der Waals surface area contributed by atoms with E-state index in [1.54, 1.807) is 0 Å². The Morgan fingerprint density at radius 1 is 1.39 bits per heavy atom. The van der Waals surface area contributed by atoms with E-state index in [9.17, 15) is 4.79 Å². The summed E-state index contributed by atoms with van der Waals surface area (Å²) in [7, 11) is 0. The molecule has 0 spiro atoms. The van der Waals surface area contributed by atoms with Gasteiger partial charge in [-0.3, -0.25) is 0 Å². The van der Waals surface area contributed by atoms with Gasteiger partial charge in [-0.15, -0.1) is 0 Å². The van der Waals surface area contributed by atoms with Crippen LogP contribution in [0.5, 0.6) is 0 Å². The molecule has 3 rings (SSSR count). The first-order valence-electron chi connectivity index (χ1n) is 10.1. The summed E-state index contributed by atoms with van der Waals surface area (Å²) in [5.41, 5.74) is 1.56. The molecule has 0 bridgehead atoms. The molecule has 1 saturated carbocycles. The summed E-state index contributed by atoms with van der Waals surface area (Å²) in [6.45, 7) is 10.1. The van der Waals surface area contributed by atoms with Crippen molar-refractivity contribution < 1.29 is 9.53 Å². The highest BCUT2D eigenvalue weighted by Crippen LogP contribution is 2.34. The summed E-state index contributed by atoms with van der Waals surface area (Å²) in [6, 6.07) is 2.47. The minimum absolute atomic E-state index is 0.114. The van der Waals surface area contributed by atoms with Gasteiger partial charge in [0, 0.05) is 18.5 Å². The zero-order valence-electron chi connectivity index (χ0n) is 17.5. The van der Waals surface area contributed by atoms with Crippen molar-refractivity contribution in [3.63, 3.8) is 0 Å². The van der Waals surface area contributed by atoms with Crippen molar-refractivity contribution in [3.8, 4) is 0 Å². The first-order valence-corrected chi connectivity index (χ1v) is 10.9. The molecule has 1 aliphatic rings. The molecule has 0 saturated heterocycles. The lowest BCUT2D eigenvalue weighted by atomic mass is 9.90. The number of hydrogen-bond donors (Lipinski definition) is 1. The first kappa shape index (κ1) is 21.1. The first-order chi connectivity index (χ1) is 13.1. The van der Waals surface area contributed by atoms with E-state index < -0.39 is 5.60 Å². The minimum Gasteiger partial charge on any atom is -0.444 e. The number of ether oxygens (including phenoxy) is 1. The van der Waals surface area contributed by atoms with Gasteiger partial charge in [-0.25, -0.2) is 14.8 Å². The van der Waals surface area contributed by atoms with Crippen LogP contribution >= 0.6 is 15.9 Å². The van der Waals surface area contributed by atoms with E-state index in [0.717, 1.165) is 53.6 Å². The second kappa shape index (κ2) is 8.39. The maximum atomic E-state index is 12.2. The summed E-state index contributed by atoms with van der Waals surface area (Å²) in [4.78, 5) is 21.4. The van der Waals surface area contributed by atoms with E-state index in [4.69, 9.17) is 9.72 Å². The van der Waals surface area contributed by atoms with E-state index in [1.807, 2.05) is 27.0 Å². The lowest BCUT2D eigenvalue weighted by Crippen LogP contribution is -2.41. The molecular weight excluding hydrogens is 420 g/mol. The van der Waals surface area contributed by atoms with Crippen LogP contribution in [0, 0.1) is 5.92 Å². The number of carbonyl (C=O) groups excluding carboxylic acids is 1. The Kier molecular flexibility index (Phi) is 6.32. The zero-order chi connectivity index (χ0) is 20.5. The second-order valence-electron chi connectivity index (χ2n) is 9.16. The van der Waals surface area contributed by atoms with Gasteiger partial charge in [0.15, 0.2) is 0 Å². The van der Waals surface area contributed by atoms with Crippen molar-refractivity contribution in [3.05, 3.63) is 22.7 Å². The zero-order valence-corrected chi connectivity index (χ0v) is 19.0. The Morgan fingerprint density at radius 2 is 2.14 bits per heavy atom. The number of amides is 1. The molecule has 0 aliphatic heterocycles. The van der Waals surface area contributed by atoms with Crippen LogP contribution in [0.3, 0.4) is 0 Å². The van der Waals surface area contributed by atoms with Gasteiger partial charge in [0.25, 0.3) is 0 Å². The van der Waals surface area contributed by atoms with Gasteiger partial charge in [0.2, 0.25) is 0 Å². The van der Waals surface area contributed by atoms with Crippen molar-refractivity contribution in [2.45, 2.75) is 84.4 Å². The standard InChI is InChI=1S/C21H31BrN4O2/c1-13(2)9-19-25-16-12-23-18(22)11-17(16)26(19)15-8-6-7-14(10-15)24-20(27)28-21(3,4)5/h11-15H,6-10H2,1-5H3,(H,24,27)/t14-,15+/m0/s1. The number of hydrogen-bond acceptors (Lipinski definition) is 4. The topological polar surface area (TPSA) is 69.0 Å². The molecule has 0 unspecified atom stereocenters. The predicted octanol–water partition coefficient (Wildman–Crippen LogP) is 5.40. The molecule has 2 heterocycles. The molecular formula is C21H31BrN4O2. The van der Waals surface area contributed by atoms with E-state index in [-0.39, 0.29) is 12.1 Å². The van der Waals surface area contributed by atoms with Gasteiger partial charge in [0.1, 0.15) is 21.5 Å². The van der Waals surface area contributed by atoms with Gasteiger partial charge in [-0.2, -0.15) is 0 Å². The van der Waals surface area contributed by atoms with Crippen molar-refractivity contribution in [2.75, 3.05) is 0 Å². The van der Waals surface area contributed by atoms with Crippen LogP contribution in [0.25, 0.3) is 11.0 Å². The number of fused-ring (bicyclic) bond motifs is 1. The fourth-order valence-corrected chi connectivity index (χ4v) is 4.26. The largest absolute Gasteiger partial charge is 0.444 e. The Hall–Kier alpha value is -1.63. The quantitative estimate of drug-likeness (QED) is 0.632. The van der Waals surface area contributed by atoms with E-state index in [2.05, 4.69) is 50.7 Å². The van der Waals surface area contributed by atoms with Gasteiger partial charge < -0.3 is 14.6 Å². The highest BCUT2D eigenvalue weighted by atomic mass is 79.9. The van der Waals surface area contributed by atoms with Gasteiger partial charge in [-0.05, 0) is 74.4 Å². The van der Waals surface area contributed by atoms with Crippen LogP contribution in [0.4, 0.5) is 4.79 Å². The lowest BCUT2D eigenvalue weighted by molar-refractivity contribution is 0.0486. The smallest absolute Gasteiger partial charge is 0.407 e. The Morgan fingerprint density at radius 3 is 2.82 bits per heavy atom. The van der Waals surface area contributed by atoms with Crippen LogP contribution in [0.2, 0.25) is 0 Å². The van der Waals surface area contributed by atoms with E-state index >= 15 is 0 Å². The summed E-state index contributed by atoms with van der Waals surface area (Å²) >= 11 is 3.50. The van der Waals surface area contributed by atoms with Crippen molar-refractivity contribution in [1.29, 1.82) is 0 Å². The molecule has 0 aromatic carbocycles. The summed E-state index contributed by atoms with van der Waals surface area (Å²) < 4.78 is 8.64. The molecule has 0 radical (unpaired) electrons. The highest BCUT2D eigenvalue weighted by Gasteiger charge is 2.29. The third kappa shape index (κ3) is 5.25.